The smallest absolute Gasteiger partial charge is 0.222 e. The lowest BCUT2D eigenvalue weighted by Crippen LogP contribution is -2.31. The maximum atomic E-state index is 13.0. The molecule has 5 rings (SSSR count). The number of nitrogens with zero attached hydrogens (tertiary/aromatic N) is 2. The van der Waals surface area contributed by atoms with E-state index in [1.54, 1.807) is 7.11 Å². The number of fused-ring (bicyclic) bond motifs is 2. The van der Waals surface area contributed by atoms with Gasteiger partial charge >= 0.3 is 0 Å². The topological polar surface area (TPSA) is 71.9 Å². The van der Waals surface area contributed by atoms with E-state index < -0.39 is 0 Å². The molecule has 1 amide bonds. The summed E-state index contributed by atoms with van der Waals surface area (Å²) in [5.74, 6) is 1.59. The summed E-state index contributed by atoms with van der Waals surface area (Å²) in [7, 11) is 1.66. The molecule has 166 valence electrons. The molecule has 0 saturated heterocycles. The van der Waals surface area contributed by atoms with Crippen molar-refractivity contribution in [3.05, 3.63) is 96.4 Å². The second-order valence-corrected chi connectivity index (χ2v) is 8.13. The van der Waals surface area contributed by atoms with Crippen LogP contribution in [0.4, 0.5) is 0 Å². The fourth-order valence-corrected chi connectivity index (χ4v) is 4.19. The number of aryl methyl sites for hydroxylation is 1. The predicted octanol–water partition coefficient (Wildman–Crippen LogP) is 5.02. The lowest BCUT2D eigenvalue weighted by atomic mass is 10.1. The van der Waals surface area contributed by atoms with Crippen molar-refractivity contribution in [2.45, 2.75) is 25.4 Å². The first-order valence-corrected chi connectivity index (χ1v) is 11.1. The molecule has 0 unspecified atom stereocenters. The zero-order valence-electron chi connectivity index (χ0n) is 18.5. The fourth-order valence-electron chi connectivity index (χ4n) is 4.19. The number of methoxy groups -OCH3 is 1. The minimum atomic E-state index is -0.238. The van der Waals surface area contributed by atoms with Crippen LogP contribution >= 0.6 is 0 Å². The number of nitrogens with one attached hydrogen (secondary N) is 2. The Morgan fingerprint density at radius 2 is 1.88 bits per heavy atom. The summed E-state index contributed by atoms with van der Waals surface area (Å²) in [5.41, 5.74) is 4.10. The van der Waals surface area contributed by atoms with Crippen LogP contribution in [0.2, 0.25) is 0 Å². The van der Waals surface area contributed by atoms with Gasteiger partial charge in [-0.1, -0.05) is 42.5 Å². The number of carbonyl (C=O) groups is 1. The summed E-state index contributed by atoms with van der Waals surface area (Å²) in [6.07, 6.45) is 3.05. The average Bonchev–Trinajstić information content (AvgIpc) is 3.46. The van der Waals surface area contributed by atoms with Crippen LogP contribution in [0.1, 0.15) is 23.9 Å². The van der Waals surface area contributed by atoms with Crippen molar-refractivity contribution < 1.29 is 9.53 Å². The Labute approximate surface area is 192 Å². The molecule has 0 aliphatic rings. The van der Waals surface area contributed by atoms with Gasteiger partial charge in [0.2, 0.25) is 5.91 Å². The highest BCUT2D eigenvalue weighted by molar-refractivity contribution is 5.82. The van der Waals surface area contributed by atoms with Gasteiger partial charge in [0.05, 0.1) is 24.2 Å². The highest BCUT2D eigenvalue weighted by Gasteiger charge is 2.19. The fraction of sp³-hybridized carbons (Fsp3) is 0.185. The van der Waals surface area contributed by atoms with Gasteiger partial charge in [-0.25, -0.2) is 4.98 Å². The van der Waals surface area contributed by atoms with Gasteiger partial charge in [0, 0.05) is 30.1 Å². The first-order valence-electron chi connectivity index (χ1n) is 11.1. The van der Waals surface area contributed by atoms with Crippen molar-refractivity contribution in [2.24, 2.45) is 0 Å². The molecular formula is C27H26N4O2. The Hall–Kier alpha value is -4.06. The molecular weight excluding hydrogens is 412 g/mol. The molecule has 0 radical (unpaired) electrons. The van der Waals surface area contributed by atoms with Crippen LogP contribution in [0.3, 0.4) is 0 Å². The van der Waals surface area contributed by atoms with Gasteiger partial charge in [-0.2, -0.15) is 0 Å². The van der Waals surface area contributed by atoms with Gasteiger partial charge in [0.25, 0.3) is 0 Å². The number of para-hydroxylation sites is 2. The molecule has 5 aromatic rings. The lowest BCUT2D eigenvalue weighted by Gasteiger charge is -2.17. The molecule has 3 aromatic carbocycles. The van der Waals surface area contributed by atoms with E-state index in [0.29, 0.717) is 19.4 Å². The Kier molecular flexibility index (Phi) is 5.81. The second kappa shape index (κ2) is 9.20. The Morgan fingerprint density at radius 1 is 1.06 bits per heavy atom. The summed E-state index contributed by atoms with van der Waals surface area (Å²) in [6, 6.07) is 25.9. The third-order valence-electron chi connectivity index (χ3n) is 5.91. The summed E-state index contributed by atoms with van der Waals surface area (Å²) in [5, 5.41) is 4.30. The quantitative estimate of drug-likeness (QED) is 0.357. The molecule has 0 aliphatic heterocycles. The number of aromatic amines is 1. The summed E-state index contributed by atoms with van der Waals surface area (Å²) in [6.45, 7) is 0.597. The monoisotopic (exact) mass is 438 g/mol. The zero-order valence-corrected chi connectivity index (χ0v) is 18.5. The number of hydrogen-bond acceptors (Lipinski definition) is 3. The van der Waals surface area contributed by atoms with Crippen LogP contribution in [0.15, 0.2) is 85.1 Å². The molecule has 0 bridgehead atoms. The molecule has 33 heavy (non-hydrogen) atoms. The number of H-pyrrole nitrogens is 1. The van der Waals surface area contributed by atoms with E-state index in [0.717, 1.165) is 39.1 Å². The molecule has 0 aliphatic carbocycles. The highest BCUT2D eigenvalue weighted by atomic mass is 16.5. The number of ether oxygens (including phenoxy) is 1. The number of amides is 1. The van der Waals surface area contributed by atoms with Crippen molar-refractivity contribution in [1.82, 2.24) is 19.9 Å². The van der Waals surface area contributed by atoms with Crippen molar-refractivity contribution in [3.63, 3.8) is 0 Å². The van der Waals surface area contributed by atoms with Gasteiger partial charge in [-0.3, -0.25) is 4.79 Å². The average molecular weight is 439 g/mol. The highest BCUT2D eigenvalue weighted by Crippen LogP contribution is 2.23. The predicted molar refractivity (Wildman–Crippen MR) is 130 cm³/mol. The Balaban J connectivity index is 1.32. The Bertz CT molecular complexity index is 1350. The van der Waals surface area contributed by atoms with Crippen LogP contribution in [-0.2, 0) is 17.8 Å². The normalized spacial score (nSPS) is 12.2. The molecule has 0 saturated carbocycles. The third kappa shape index (κ3) is 4.60. The number of aromatic nitrogens is 3. The van der Waals surface area contributed by atoms with Gasteiger partial charge in [-0.15, -0.1) is 0 Å². The first kappa shape index (κ1) is 20.8. The maximum absolute atomic E-state index is 13.0. The van der Waals surface area contributed by atoms with Gasteiger partial charge in [-0.05, 0) is 48.4 Å². The number of benzene rings is 3. The van der Waals surface area contributed by atoms with Crippen LogP contribution in [0, 0.1) is 0 Å². The number of rotatable bonds is 8. The van der Waals surface area contributed by atoms with E-state index >= 15 is 0 Å². The molecule has 6 heteroatoms. The van der Waals surface area contributed by atoms with E-state index in [-0.39, 0.29) is 11.9 Å². The largest absolute Gasteiger partial charge is 0.497 e. The SMILES string of the molecule is COc1ccc2c(ccn2CCC(=O)N[C@H](Cc2ccccc2)c2nc3ccccc3[nH]2)c1. The Morgan fingerprint density at radius 3 is 2.70 bits per heavy atom. The third-order valence-corrected chi connectivity index (χ3v) is 5.91. The summed E-state index contributed by atoms with van der Waals surface area (Å²) in [4.78, 5) is 21.1. The van der Waals surface area contributed by atoms with Crippen LogP contribution in [-0.4, -0.2) is 27.6 Å². The van der Waals surface area contributed by atoms with E-state index in [4.69, 9.17) is 9.72 Å². The van der Waals surface area contributed by atoms with E-state index in [2.05, 4.69) is 27.0 Å². The minimum Gasteiger partial charge on any atom is -0.497 e. The maximum Gasteiger partial charge on any atom is 0.222 e. The minimum absolute atomic E-state index is 0.00764. The van der Waals surface area contributed by atoms with Gasteiger partial charge in [0.15, 0.2) is 0 Å². The van der Waals surface area contributed by atoms with E-state index in [1.165, 1.54) is 0 Å². The molecule has 2 aromatic heterocycles. The van der Waals surface area contributed by atoms with E-state index in [1.807, 2.05) is 72.9 Å². The molecule has 1 atom stereocenters. The number of carbonyl (C=O) groups excluding carboxylic acids is 1. The van der Waals surface area contributed by atoms with Crippen molar-refractivity contribution in [3.8, 4) is 5.75 Å². The zero-order chi connectivity index (χ0) is 22.6. The van der Waals surface area contributed by atoms with Gasteiger partial charge in [0.1, 0.15) is 11.6 Å². The van der Waals surface area contributed by atoms with Crippen molar-refractivity contribution >= 4 is 27.8 Å². The first-order chi connectivity index (χ1) is 16.2. The van der Waals surface area contributed by atoms with Crippen LogP contribution in [0.5, 0.6) is 5.75 Å². The van der Waals surface area contributed by atoms with Crippen molar-refractivity contribution in [2.75, 3.05) is 7.11 Å². The van der Waals surface area contributed by atoms with Crippen LogP contribution in [0.25, 0.3) is 21.9 Å². The summed E-state index contributed by atoms with van der Waals surface area (Å²) < 4.78 is 7.40. The molecule has 2 heterocycles. The standard InChI is InChI=1S/C27H26N4O2/c1-33-21-11-12-25-20(18-21)13-15-31(25)16-14-26(32)28-24(17-19-7-3-2-4-8-19)27-29-22-9-5-6-10-23(22)30-27/h2-13,15,18,24H,14,16-17H2,1H3,(H,28,32)(H,29,30)/t24-/m1/s1. The number of hydrogen-bond donors (Lipinski definition) is 2. The van der Waals surface area contributed by atoms with E-state index in [9.17, 15) is 4.79 Å². The van der Waals surface area contributed by atoms with Crippen molar-refractivity contribution in [1.29, 1.82) is 0 Å². The second-order valence-electron chi connectivity index (χ2n) is 8.13. The summed E-state index contributed by atoms with van der Waals surface area (Å²) >= 11 is 0. The van der Waals surface area contributed by atoms with Crippen LogP contribution < -0.4 is 10.1 Å². The van der Waals surface area contributed by atoms with Gasteiger partial charge < -0.3 is 19.6 Å². The molecule has 6 nitrogen and oxygen atoms in total. The number of imidazole rings is 1. The molecule has 0 spiro atoms. The molecule has 2 N–H and O–H groups in total. The molecule has 0 fully saturated rings. The lowest BCUT2D eigenvalue weighted by molar-refractivity contribution is -0.122.